The molecule has 0 spiro atoms. The van der Waals surface area contributed by atoms with Crippen molar-refractivity contribution in [1.82, 2.24) is 21.3 Å². The van der Waals surface area contributed by atoms with Crippen molar-refractivity contribution in [2.24, 2.45) is 5.73 Å². The fourth-order valence-corrected chi connectivity index (χ4v) is 5.29. The van der Waals surface area contributed by atoms with Crippen LogP contribution in [0.4, 0.5) is 0 Å². The van der Waals surface area contributed by atoms with E-state index in [-0.39, 0.29) is 44.5 Å². The van der Waals surface area contributed by atoms with Gasteiger partial charge in [-0.25, -0.2) is 0 Å². The summed E-state index contributed by atoms with van der Waals surface area (Å²) in [5, 5.41) is 19.4. The first kappa shape index (κ1) is 40.9. The molecule has 0 heterocycles. The molecule has 4 amide bonds. The summed E-state index contributed by atoms with van der Waals surface area (Å²) in [6.07, 6.45) is 2.79. The molecule has 0 aliphatic heterocycles. The number of aromatic hydroxyl groups is 1. The van der Waals surface area contributed by atoms with Crippen molar-refractivity contribution >= 4 is 31.2 Å². The van der Waals surface area contributed by atoms with Crippen molar-refractivity contribution in [1.29, 1.82) is 0 Å². The summed E-state index contributed by atoms with van der Waals surface area (Å²) >= 11 is 0. The van der Waals surface area contributed by atoms with Gasteiger partial charge in [-0.1, -0.05) is 82.0 Å². The summed E-state index contributed by atoms with van der Waals surface area (Å²) in [6.45, 7) is 3.21. The summed E-state index contributed by atoms with van der Waals surface area (Å²) < 4.78 is 11.8. The summed E-state index contributed by atoms with van der Waals surface area (Å²) in [5.41, 5.74) is 7.45. The first-order valence-electron chi connectivity index (χ1n) is 15.1. The second-order valence-corrected chi connectivity index (χ2v) is 12.6. The van der Waals surface area contributed by atoms with Crippen LogP contribution in [0.5, 0.6) is 5.75 Å². The Kier molecular flexibility index (Phi) is 18.5. The van der Waals surface area contributed by atoms with Crippen molar-refractivity contribution in [3.8, 4) is 5.75 Å². The average molecular weight is 711 g/mol. The Morgan fingerprint density at radius 3 is 1.96 bits per heavy atom. The van der Waals surface area contributed by atoms with Gasteiger partial charge in [0.05, 0.1) is 18.4 Å². The average Bonchev–Trinajstić information content (AvgIpc) is 3.00. The zero-order valence-electron chi connectivity index (χ0n) is 26.4. The minimum absolute atomic E-state index is 0. The molecule has 0 aliphatic carbocycles. The molecule has 248 valence electrons. The Morgan fingerprint density at radius 1 is 0.783 bits per heavy atom. The van der Waals surface area contributed by atoms with E-state index in [1.807, 2.05) is 13.8 Å². The Hall–Kier alpha value is -3.15. The molecule has 0 aromatic heterocycles. The number of amides is 4. The third-order valence-electron chi connectivity index (χ3n) is 7.09. The standard InChI is InChI=1S/C31H46N5O8P.Zn/c1-3-5-12-25(35-29(39)24(32)18-22-14-16-23(37)17-15-22)30(40)33-20-27(38)34-26(19-21-10-8-7-9-11-21)31(41)36-28(13-6-4-2)45(42,43)44;/h7-11,14-17,24-26,28,37H,3-6,12-13,18-20,32H2,1-2H3,(H,33,40)(H,34,38)(H,35,39)(H,36,41)(H2,42,43,44);/q;+2/p-2/t24-,25+,26-,28?;/m0./s1. The molecule has 2 aromatic carbocycles. The number of carbonyl (C=O) groups is 4. The number of benzene rings is 2. The number of rotatable bonds is 19. The third kappa shape index (κ3) is 15.0. The van der Waals surface area contributed by atoms with Gasteiger partial charge in [0.25, 0.3) is 0 Å². The molecule has 46 heavy (non-hydrogen) atoms. The maximum Gasteiger partial charge on any atom is 2.00 e. The van der Waals surface area contributed by atoms with Crippen molar-refractivity contribution < 1.29 is 58.1 Å². The van der Waals surface area contributed by atoms with Crippen LogP contribution in [0.25, 0.3) is 0 Å². The molecule has 2 aromatic rings. The van der Waals surface area contributed by atoms with Crippen LogP contribution >= 0.6 is 7.60 Å². The number of hydrogen-bond acceptors (Lipinski definition) is 9. The first-order valence-corrected chi connectivity index (χ1v) is 16.7. The second kappa shape index (κ2) is 20.9. The number of nitrogens with one attached hydrogen (secondary N) is 4. The Bertz CT molecular complexity index is 1300. The SMILES string of the molecule is CCCCC(NC(=O)[C@H](Cc1ccccc1)NC(=O)CNC(=O)[C@@H](CCCC)NC(=O)[C@@H](N)Cc1ccc(O)cc1)P(=O)([O-])[O-].[Zn+2]. The zero-order chi connectivity index (χ0) is 33.4. The van der Waals surface area contributed by atoms with Crippen molar-refractivity contribution in [2.45, 2.75) is 89.1 Å². The monoisotopic (exact) mass is 709 g/mol. The summed E-state index contributed by atoms with van der Waals surface area (Å²) in [4.78, 5) is 75.4. The molecule has 0 saturated heterocycles. The molecule has 1 unspecified atom stereocenters. The van der Waals surface area contributed by atoms with Crippen LogP contribution in [0.1, 0.15) is 63.5 Å². The molecule has 0 saturated carbocycles. The molecule has 0 fully saturated rings. The normalized spacial score (nSPS) is 13.7. The topological polar surface area (TPSA) is 226 Å². The van der Waals surface area contributed by atoms with Crippen LogP contribution in [-0.4, -0.2) is 59.2 Å². The minimum Gasteiger partial charge on any atom is -0.809 e. The van der Waals surface area contributed by atoms with Crippen molar-refractivity contribution in [3.63, 3.8) is 0 Å². The van der Waals surface area contributed by atoms with Crippen LogP contribution in [0.2, 0.25) is 0 Å². The smallest absolute Gasteiger partial charge is 0.809 e. The van der Waals surface area contributed by atoms with Gasteiger partial charge < -0.3 is 46.5 Å². The number of carbonyl (C=O) groups excluding carboxylic acids is 4. The molecular formula is C31H44N5O8PZn. The number of nitrogens with two attached hydrogens (primary N) is 1. The molecule has 15 heteroatoms. The van der Waals surface area contributed by atoms with E-state index in [1.165, 1.54) is 12.1 Å². The maximum absolute atomic E-state index is 13.1. The predicted molar refractivity (Wildman–Crippen MR) is 165 cm³/mol. The Morgan fingerprint density at radius 2 is 1.37 bits per heavy atom. The van der Waals surface area contributed by atoms with Crippen LogP contribution in [0.15, 0.2) is 54.6 Å². The summed E-state index contributed by atoms with van der Waals surface area (Å²) in [6, 6.07) is 11.8. The van der Waals surface area contributed by atoms with Gasteiger partial charge in [0.2, 0.25) is 23.6 Å². The van der Waals surface area contributed by atoms with Crippen molar-refractivity contribution in [3.05, 3.63) is 65.7 Å². The van der Waals surface area contributed by atoms with Gasteiger partial charge in [-0.3, -0.25) is 19.2 Å². The fourth-order valence-electron chi connectivity index (χ4n) is 4.50. The second-order valence-electron chi connectivity index (χ2n) is 10.9. The van der Waals surface area contributed by atoms with Crippen LogP contribution in [-0.2, 0) is 56.1 Å². The third-order valence-corrected chi connectivity index (χ3v) is 8.24. The summed E-state index contributed by atoms with van der Waals surface area (Å²) in [5.74, 6) is -4.30. The van der Waals surface area contributed by atoms with Gasteiger partial charge in [0.15, 0.2) is 0 Å². The summed E-state index contributed by atoms with van der Waals surface area (Å²) in [7, 11) is -5.16. The van der Waals surface area contributed by atoms with E-state index in [1.54, 1.807) is 42.5 Å². The first-order chi connectivity index (χ1) is 21.3. The van der Waals surface area contributed by atoms with Crippen molar-refractivity contribution in [2.75, 3.05) is 6.54 Å². The quantitative estimate of drug-likeness (QED) is 0.0871. The van der Waals surface area contributed by atoms with Gasteiger partial charge in [0.1, 0.15) is 17.8 Å². The van der Waals surface area contributed by atoms with Crippen LogP contribution in [0, 0.1) is 0 Å². The molecule has 7 N–H and O–H groups in total. The van der Waals surface area contributed by atoms with E-state index in [9.17, 15) is 38.6 Å². The van der Waals surface area contributed by atoms with E-state index in [2.05, 4.69) is 21.3 Å². The van der Waals surface area contributed by atoms with Crippen LogP contribution < -0.4 is 36.8 Å². The molecule has 0 bridgehead atoms. The molecule has 4 atom stereocenters. The van der Waals surface area contributed by atoms with Gasteiger partial charge in [-0.05, 0) is 50.1 Å². The molecular weight excluding hydrogens is 667 g/mol. The number of phenolic OH excluding ortho intramolecular Hbond substituents is 1. The minimum atomic E-state index is -5.16. The molecule has 0 radical (unpaired) electrons. The fraction of sp³-hybridized carbons (Fsp3) is 0.484. The van der Waals surface area contributed by atoms with E-state index < -0.39 is 61.7 Å². The largest absolute Gasteiger partial charge is 2.00 e. The van der Waals surface area contributed by atoms with Crippen LogP contribution in [0.3, 0.4) is 0 Å². The molecule has 0 aliphatic rings. The Labute approximate surface area is 282 Å². The van der Waals surface area contributed by atoms with Gasteiger partial charge >= 0.3 is 19.5 Å². The molecule has 2 rings (SSSR count). The number of unbranched alkanes of at least 4 members (excludes halogenated alkanes) is 2. The predicted octanol–water partition coefficient (Wildman–Crippen LogP) is 0.324. The van der Waals surface area contributed by atoms with E-state index in [4.69, 9.17) is 5.73 Å². The molecule has 13 nitrogen and oxygen atoms in total. The number of hydrogen-bond donors (Lipinski definition) is 6. The van der Waals surface area contributed by atoms with E-state index in [0.717, 1.165) is 12.0 Å². The zero-order valence-corrected chi connectivity index (χ0v) is 30.3. The van der Waals surface area contributed by atoms with Gasteiger partial charge in [-0.2, -0.15) is 0 Å². The van der Waals surface area contributed by atoms with E-state index >= 15 is 0 Å². The van der Waals surface area contributed by atoms with Gasteiger partial charge in [-0.15, -0.1) is 0 Å². The maximum atomic E-state index is 13.1. The number of phenols is 1. The van der Waals surface area contributed by atoms with Gasteiger partial charge in [0, 0.05) is 6.42 Å². The van der Waals surface area contributed by atoms with E-state index in [0.29, 0.717) is 31.2 Å². The Balaban J connectivity index is 0.0000106.